The summed E-state index contributed by atoms with van der Waals surface area (Å²) in [6.07, 6.45) is 1.36. The number of hydrogen-bond donors (Lipinski definition) is 1. The summed E-state index contributed by atoms with van der Waals surface area (Å²) in [7, 11) is 0. The summed E-state index contributed by atoms with van der Waals surface area (Å²) in [6, 6.07) is 19.3. The summed E-state index contributed by atoms with van der Waals surface area (Å²) >= 11 is 9.52. The molecule has 0 fully saturated rings. The number of carbonyl (C=O) groups is 1. The Hall–Kier alpha value is -3.95. The minimum absolute atomic E-state index is 0.204. The number of rotatable bonds is 6. The number of hydrogen-bond acceptors (Lipinski definition) is 6. The number of nitrogens with zero attached hydrogens (tertiary/aromatic N) is 3. The van der Waals surface area contributed by atoms with Crippen molar-refractivity contribution in [3.05, 3.63) is 92.1 Å². The van der Waals surface area contributed by atoms with Crippen molar-refractivity contribution in [1.82, 2.24) is 9.66 Å². The highest BCUT2D eigenvalue weighted by molar-refractivity contribution is 9.10. The number of benzene rings is 3. The maximum Gasteiger partial charge on any atom is 0.341 e. The van der Waals surface area contributed by atoms with Crippen LogP contribution in [0.2, 0.25) is 5.02 Å². The highest BCUT2D eigenvalue weighted by Gasteiger charge is 2.17. The number of fused-ring (bicyclic) bond motifs is 2. The van der Waals surface area contributed by atoms with Crippen LogP contribution in [0.4, 0.5) is 0 Å². The second-order valence-electron chi connectivity index (χ2n) is 7.45. The minimum Gasteiger partial charge on any atom is -0.480 e. The molecule has 174 valence electrons. The van der Waals surface area contributed by atoms with Crippen LogP contribution < -0.4 is 10.3 Å². The number of aromatic nitrogens is 2. The molecule has 0 amide bonds. The SMILES string of the molecule is O=C(O)COc1c(Br)cc(Cl)cc1C=Nn1c(-c2cc3ccccc3o2)nc2ccccc2c1=O. The Morgan fingerprint density at radius 1 is 1.17 bits per heavy atom. The molecule has 1 N–H and O–H groups in total. The molecule has 5 rings (SSSR count). The third-order valence-electron chi connectivity index (χ3n) is 5.09. The first-order chi connectivity index (χ1) is 16.9. The van der Waals surface area contributed by atoms with Crippen molar-refractivity contribution >= 4 is 61.6 Å². The summed E-state index contributed by atoms with van der Waals surface area (Å²) in [6.45, 7) is -0.567. The zero-order valence-electron chi connectivity index (χ0n) is 17.8. The first-order valence-corrected chi connectivity index (χ1v) is 11.5. The van der Waals surface area contributed by atoms with Crippen LogP contribution in [0.1, 0.15) is 5.56 Å². The molecule has 3 aromatic carbocycles. The third kappa shape index (κ3) is 4.55. The lowest BCUT2D eigenvalue weighted by Crippen LogP contribution is -2.20. The van der Waals surface area contributed by atoms with Crippen molar-refractivity contribution in [3.63, 3.8) is 0 Å². The lowest BCUT2D eigenvalue weighted by atomic mass is 10.2. The highest BCUT2D eigenvalue weighted by Crippen LogP contribution is 2.32. The molecule has 0 saturated carbocycles. The number of ether oxygens (including phenoxy) is 1. The second-order valence-corrected chi connectivity index (χ2v) is 8.74. The fraction of sp³-hybridized carbons (Fsp3) is 0.0400. The molecule has 10 heteroatoms. The van der Waals surface area contributed by atoms with Gasteiger partial charge in [-0.05, 0) is 52.3 Å². The minimum atomic E-state index is -1.14. The summed E-state index contributed by atoms with van der Waals surface area (Å²) in [5.74, 6) is -0.361. The Labute approximate surface area is 211 Å². The van der Waals surface area contributed by atoms with Crippen molar-refractivity contribution in [2.75, 3.05) is 6.61 Å². The standard InChI is InChI=1S/C25H15BrClN3O5/c26-18-11-16(27)9-15(23(18)34-13-22(31)32)12-28-30-24(21-10-14-5-1-4-8-20(14)35-21)29-19-7-3-2-6-17(19)25(30)33/h1-12H,13H2,(H,31,32). The van der Waals surface area contributed by atoms with Gasteiger partial charge in [0.15, 0.2) is 12.4 Å². The van der Waals surface area contributed by atoms with Gasteiger partial charge in [0.25, 0.3) is 5.56 Å². The average molecular weight is 553 g/mol. The third-order valence-corrected chi connectivity index (χ3v) is 5.90. The summed E-state index contributed by atoms with van der Waals surface area (Å²) in [5, 5.41) is 15.0. The van der Waals surface area contributed by atoms with Crippen molar-refractivity contribution in [3.8, 4) is 17.3 Å². The van der Waals surface area contributed by atoms with E-state index in [0.717, 1.165) is 10.1 Å². The Kier molecular flexibility index (Phi) is 6.10. The molecule has 0 unspecified atom stereocenters. The van der Waals surface area contributed by atoms with Gasteiger partial charge >= 0.3 is 5.97 Å². The van der Waals surface area contributed by atoms with Crippen LogP contribution in [0.25, 0.3) is 33.5 Å². The Morgan fingerprint density at radius 3 is 2.74 bits per heavy atom. The number of para-hydroxylation sites is 2. The van der Waals surface area contributed by atoms with Crippen molar-refractivity contribution in [2.45, 2.75) is 0 Å². The molecular formula is C25H15BrClN3O5. The lowest BCUT2D eigenvalue weighted by Gasteiger charge is -2.11. The number of carboxylic acid groups (broad SMARTS) is 1. The Morgan fingerprint density at radius 2 is 1.94 bits per heavy atom. The number of halogens is 2. The van der Waals surface area contributed by atoms with Crippen molar-refractivity contribution in [1.29, 1.82) is 0 Å². The average Bonchev–Trinajstić information content (AvgIpc) is 3.26. The molecule has 2 heterocycles. The first kappa shape index (κ1) is 22.8. The number of carboxylic acids is 1. The van der Waals surface area contributed by atoms with Gasteiger partial charge in [-0.1, -0.05) is 41.9 Å². The molecule has 0 aliphatic carbocycles. The van der Waals surface area contributed by atoms with Gasteiger partial charge in [0, 0.05) is 16.0 Å². The van der Waals surface area contributed by atoms with E-state index in [9.17, 15) is 9.59 Å². The predicted octanol–water partition coefficient (Wildman–Crippen LogP) is 5.57. The summed E-state index contributed by atoms with van der Waals surface area (Å²) in [4.78, 5) is 29.1. The fourth-order valence-corrected chi connectivity index (χ4v) is 4.51. The van der Waals surface area contributed by atoms with Crippen LogP contribution in [0.5, 0.6) is 5.75 Å². The van der Waals surface area contributed by atoms with E-state index in [0.29, 0.717) is 37.3 Å². The molecule has 8 nitrogen and oxygen atoms in total. The predicted molar refractivity (Wildman–Crippen MR) is 136 cm³/mol. The van der Waals surface area contributed by atoms with E-state index < -0.39 is 18.1 Å². The summed E-state index contributed by atoms with van der Waals surface area (Å²) < 4.78 is 12.9. The number of furan rings is 1. The van der Waals surface area contributed by atoms with Gasteiger partial charge in [-0.15, -0.1) is 0 Å². The molecule has 35 heavy (non-hydrogen) atoms. The zero-order chi connectivity index (χ0) is 24.5. The summed E-state index contributed by atoms with van der Waals surface area (Å²) in [5.41, 5.74) is 1.09. The van der Waals surface area contributed by atoms with Gasteiger partial charge in [0.05, 0.1) is 21.6 Å². The molecule has 0 radical (unpaired) electrons. The Bertz CT molecular complexity index is 1660. The smallest absolute Gasteiger partial charge is 0.341 e. The molecule has 0 saturated heterocycles. The maximum absolute atomic E-state index is 13.4. The van der Waals surface area contributed by atoms with E-state index in [1.165, 1.54) is 6.21 Å². The largest absolute Gasteiger partial charge is 0.480 e. The lowest BCUT2D eigenvalue weighted by molar-refractivity contribution is -0.139. The van der Waals surface area contributed by atoms with Gasteiger partial charge in [0.2, 0.25) is 5.82 Å². The quantitative estimate of drug-likeness (QED) is 0.276. The van der Waals surface area contributed by atoms with Gasteiger partial charge in [-0.2, -0.15) is 9.78 Å². The topological polar surface area (TPSA) is 107 Å². The molecule has 0 aliphatic heterocycles. The van der Waals surface area contributed by atoms with Crippen molar-refractivity contribution < 1.29 is 19.1 Å². The number of aliphatic carboxylic acids is 1. The monoisotopic (exact) mass is 551 g/mol. The molecular weight excluding hydrogens is 538 g/mol. The van der Waals surface area contributed by atoms with Crippen LogP contribution in [-0.4, -0.2) is 33.6 Å². The van der Waals surface area contributed by atoms with E-state index in [2.05, 4.69) is 26.0 Å². The zero-order valence-corrected chi connectivity index (χ0v) is 20.2. The van der Waals surface area contributed by atoms with Gasteiger partial charge < -0.3 is 14.3 Å². The second kappa shape index (κ2) is 9.36. The molecule has 0 bridgehead atoms. The van der Waals surface area contributed by atoms with Gasteiger partial charge in [0.1, 0.15) is 11.3 Å². The maximum atomic E-state index is 13.4. The van der Waals surface area contributed by atoms with E-state index in [4.69, 9.17) is 25.9 Å². The molecule has 5 aromatic rings. The van der Waals surface area contributed by atoms with Crippen LogP contribution in [0, 0.1) is 0 Å². The normalized spacial score (nSPS) is 11.5. The molecule has 2 aromatic heterocycles. The first-order valence-electron chi connectivity index (χ1n) is 10.3. The van der Waals surface area contributed by atoms with Crippen LogP contribution in [-0.2, 0) is 4.79 Å². The molecule has 0 spiro atoms. The molecule has 0 aliphatic rings. The van der Waals surface area contributed by atoms with Gasteiger partial charge in [-0.3, -0.25) is 4.79 Å². The molecule has 0 atom stereocenters. The Balaban J connectivity index is 1.70. The van der Waals surface area contributed by atoms with Crippen molar-refractivity contribution in [2.24, 2.45) is 5.10 Å². The van der Waals surface area contributed by atoms with E-state index in [1.807, 2.05) is 24.3 Å². The van der Waals surface area contributed by atoms with Crippen LogP contribution >= 0.6 is 27.5 Å². The highest BCUT2D eigenvalue weighted by atomic mass is 79.9. The van der Waals surface area contributed by atoms with E-state index >= 15 is 0 Å². The van der Waals surface area contributed by atoms with Crippen LogP contribution in [0.15, 0.2) is 85.5 Å². The van der Waals surface area contributed by atoms with Gasteiger partial charge in [-0.25, -0.2) is 9.78 Å². The van der Waals surface area contributed by atoms with Crippen LogP contribution in [0.3, 0.4) is 0 Å². The van der Waals surface area contributed by atoms with E-state index in [1.54, 1.807) is 42.5 Å². The van der Waals surface area contributed by atoms with E-state index in [-0.39, 0.29) is 11.6 Å². The fourth-order valence-electron chi connectivity index (χ4n) is 3.56.